The number of halogens is 1. The molecule has 1 rings (SSSR count). The highest BCUT2D eigenvalue weighted by Gasteiger charge is 2.25. The van der Waals surface area contributed by atoms with Gasteiger partial charge in [0.1, 0.15) is 5.57 Å². The molecule has 0 saturated heterocycles. The summed E-state index contributed by atoms with van der Waals surface area (Å²) in [4.78, 5) is 24.8. The summed E-state index contributed by atoms with van der Waals surface area (Å²) in [6.45, 7) is 5.38. The highest BCUT2D eigenvalue weighted by Crippen LogP contribution is 2.24. The van der Waals surface area contributed by atoms with Crippen molar-refractivity contribution in [2.24, 2.45) is 5.92 Å². The number of hydrogen-bond donors (Lipinski definition) is 0. The van der Waals surface area contributed by atoms with Crippen LogP contribution in [0.4, 0.5) is 0 Å². The summed E-state index contributed by atoms with van der Waals surface area (Å²) in [5.41, 5.74) is -0.0603. The molecule has 0 aliphatic heterocycles. The van der Waals surface area contributed by atoms with Gasteiger partial charge >= 0.3 is 0 Å². The van der Waals surface area contributed by atoms with Gasteiger partial charge in [-0.3, -0.25) is 9.59 Å². The van der Waals surface area contributed by atoms with Crippen LogP contribution in [0.15, 0.2) is 34.9 Å². The molecule has 0 heterocycles. The zero-order valence-electron chi connectivity index (χ0n) is 13.4. The predicted molar refractivity (Wildman–Crippen MR) is 88.4 cm³/mol. The van der Waals surface area contributed by atoms with Gasteiger partial charge in [-0.25, -0.2) is 8.42 Å². The summed E-state index contributed by atoms with van der Waals surface area (Å²) in [7, 11) is -3.43. The van der Waals surface area contributed by atoms with Crippen LogP contribution in [0.25, 0.3) is 0 Å². The van der Waals surface area contributed by atoms with Gasteiger partial charge in [0, 0.05) is 17.7 Å². The van der Waals surface area contributed by atoms with Crippen molar-refractivity contribution in [3.05, 3.63) is 40.6 Å². The second-order valence-electron chi connectivity index (χ2n) is 5.25. The van der Waals surface area contributed by atoms with E-state index < -0.39 is 15.6 Å². The fourth-order valence-corrected chi connectivity index (χ4v) is 2.74. The molecule has 7 heteroatoms. The summed E-state index contributed by atoms with van der Waals surface area (Å²) in [6, 6.07) is 3.78. The van der Waals surface area contributed by atoms with Crippen molar-refractivity contribution in [1.82, 2.24) is 0 Å². The van der Waals surface area contributed by atoms with Crippen LogP contribution >= 0.6 is 11.6 Å². The third kappa shape index (κ3) is 4.91. The van der Waals surface area contributed by atoms with Crippen LogP contribution < -0.4 is 0 Å². The van der Waals surface area contributed by atoms with E-state index in [1.165, 1.54) is 18.2 Å². The van der Waals surface area contributed by atoms with Crippen LogP contribution in [-0.2, 0) is 19.4 Å². The highest BCUT2D eigenvalue weighted by molar-refractivity contribution is 7.90. The van der Waals surface area contributed by atoms with Crippen molar-refractivity contribution in [3.8, 4) is 0 Å². The van der Waals surface area contributed by atoms with E-state index in [1.54, 1.807) is 20.8 Å². The number of carbonyl (C=O) groups is 2. The van der Waals surface area contributed by atoms with Gasteiger partial charge in [-0.2, -0.15) is 0 Å². The molecule has 1 aromatic carbocycles. The predicted octanol–water partition coefficient (Wildman–Crippen LogP) is 3.07. The average Bonchev–Trinajstić information content (AvgIpc) is 2.45. The topological polar surface area (TPSA) is 77.5 Å². The van der Waals surface area contributed by atoms with Crippen LogP contribution in [0.1, 0.15) is 31.1 Å². The Kier molecular flexibility index (Phi) is 6.53. The summed E-state index contributed by atoms with van der Waals surface area (Å²) >= 11 is 6.03. The number of Topliss-reactive ketones (excluding diaryl/α,β-unsaturated/α-hetero) is 2. The molecule has 0 aromatic heterocycles. The van der Waals surface area contributed by atoms with Gasteiger partial charge in [0.25, 0.3) is 0 Å². The minimum Gasteiger partial charge on any atom is -0.501 e. The minimum absolute atomic E-state index is 0.00424. The van der Waals surface area contributed by atoms with Crippen molar-refractivity contribution in [3.63, 3.8) is 0 Å². The zero-order valence-corrected chi connectivity index (χ0v) is 15.0. The average molecular weight is 359 g/mol. The van der Waals surface area contributed by atoms with E-state index in [9.17, 15) is 18.0 Å². The summed E-state index contributed by atoms with van der Waals surface area (Å²) in [6.07, 6.45) is 2.17. The maximum absolute atomic E-state index is 12.6. The summed E-state index contributed by atoms with van der Waals surface area (Å²) in [5, 5.41) is -0.0307. The SMILES string of the molecule is CCO/C=C(\C(=O)c1ccc(S(C)(=O)=O)cc1Cl)C(=O)C(C)C. The number of carbonyl (C=O) groups excluding carboxylic acids is 2. The minimum atomic E-state index is -3.43. The fourth-order valence-electron chi connectivity index (χ4n) is 1.76. The Morgan fingerprint density at radius 1 is 1.30 bits per heavy atom. The number of sulfone groups is 1. The lowest BCUT2D eigenvalue weighted by Gasteiger charge is -2.10. The molecule has 0 radical (unpaired) electrons. The monoisotopic (exact) mass is 358 g/mol. The van der Waals surface area contributed by atoms with Crippen molar-refractivity contribution in [2.75, 3.05) is 12.9 Å². The Hall–Kier alpha value is -1.66. The smallest absolute Gasteiger partial charge is 0.201 e. The first-order valence-corrected chi connectivity index (χ1v) is 9.26. The van der Waals surface area contributed by atoms with E-state index in [1.807, 2.05) is 0 Å². The van der Waals surface area contributed by atoms with Gasteiger partial charge in [-0.1, -0.05) is 25.4 Å². The third-order valence-corrected chi connectivity index (χ3v) is 4.44. The lowest BCUT2D eigenvalue weighted by Crippen LogP contribution is -2.19. The Labute approximate surface area is 141 Å². The first kappa shape index (κ1) is 19.4. The van der Waals surface area contributed by atoms with E-state index in [0.717, 1.165) is 12.5 Å². The molecule has 0 amide bonds. The quantitative estimate of drug-likeness (QED) is 0.246. The lowest BCUT2D eigenvalue weighted by atomic mass is 9.95. The molecule has 5 nitrogen and oxygen atoms in total. The van der Waals surface area contributed by atoms with Crippen LogP contribution in [0.5, 0.6) is 0 Å². The second kappa shape index (κ2) is 7.75. The van der Waals surface area contributed by atoms with Crippen LogP contribution in [0.3, 0.4) is 0 Å². The molecule has 0 fully saturated rings. The second-order valence-corrected chi connectivity index (χ2v) is 7.67. The Bertz CT molecular complexity index is 748. The van der Waals surface area contributed by atoms with Crippen LogP contribution in [0, 0.1) is 5.92 Å². The van der Waals surface area contributed by atoms with E-state index >= 15 is 0 Å². The van der Waals surface area contributed by atoms with Gasteiger partial charge in [0.2, 0.25) is 5.78 Å². The van der Waals surface area contributed by atoms with E-state index in [0.29, 0.717) is 6.61 Å². The van der Waals surface area contributed by atoms with Gasteiger partial charge in [0.05, 0.1) is 22.8 Å². The normalized spacial score (nSPS) is 12.3. The molecule has 0 spiro atoms. The van der Waals surface area contributed by atoms with Gasteiger partial charge in [0.15, 0.2) is 15.6 Å². The molecule has 0 atom stereocenters. The number of ether oxygens (including phenoxy) is 1. The van der Waals surface area contributed by atoms with Crippen LogP contribution in [0.2, 0.25) is 5.02 Å². The standard InChI is InChI=1S/C16H19ClO5S/c1-5-22-9-13(15(18)10(2)3)16(19)12-7-6-11(8-14(12)17)23(4,20)21/h6-10H,5H2,1-4H3/b13-9-. The maximum Gasteiger partial charge on any atom is 0.201 e. The highest BCUT2D eigenvalue weighted by atomic mass is 35.5. The van der Waals surface area contributed by atoms with Crippen molar-refractivity contribution in [2.45, 2.75) is 25.7 Å². The number of ketones is 2. The van der Waals surface area contributed by atoms with Gasteiger partial charge < -0.3 is 4.74 Å². The molecule has 126 valence electrons. The number of hydrogen-bond acceptors (Lipinski definition) is 5. The molecule has 1 aromatic rings. The van der Waals surface area contributed by atoms with Crippen molar-refractivity contribution >= 4 is 33.0 Å². The molecule has 0 bridgehead atoms. The van der Waals surface area contributed by atoms with Crippen molar-refractivity contribution < 1.29 is 22.7 Å². The number of rotatable bonds is 7. The molecule has 0 N–H and O–H groups in total. The van der Waals surface area contributed by atoms with Crippen molar-refractivity contribution in [1.29, 1.82) is 0 Å². The first-order chi connectivity index (χ1) is 10.6. The molecule has 0 aliphatic rings. The summed E-state index contributed by atoms with van der Waals surface area (Å²) < 4.78 is 28.1. The fraction of sp³-hybridized carbons (Fsp3) is 0.375. The van der Waals surface area contributed by atoms with Crippen LogP contribution in [-0.4, -0.2) is 32.8 Å². The van der Waals surface area contributed by atoms with E-state index in [4.69, 9.17) is 16.3 Å². The Morgan fingerprint density at radius 3 is 2.35 bits per heavy atom. The zero-order chi connectivity index (χ0) is 17.8. The molecular weight excluding hydrogens is 340 g/mol. The Balaban J connectivity index is 3.32. The summed E-state index contributed by atoms with van der Waals surface area (Å²) in [5.74, 6) is -1.35. The van der Waals surface area contributed by atoms with E-state index in [2.05, 4.69) is 0 Å². The molecule has 0 unspecified atom stereocenters. The van der Waals surface area contributed by atoms with E-state index in [-0.39, 0.29) is 32.8 Å². The largest absolute Gasteiger partial charge is 0.501 e. The molecule has 23 heavy (non-hydrogen) atoms. The van der Waals surface area contributed by atoms with Gasteiger partial charge in [-0.15, -0.1) is 0 Å². The number of benzene rings is 1. The van der Waals surface area contributed by atoms with Gasteiger partial charge in [-0.05, 0) is 25.1 Å². The lowest BCUT2D eigenvalue weighted by molar-refractivity contribution is -0.118. The maximum atomic E-state index is 12.6. The first-order valence-electron chi connectivity index (χ1n) is 6.99. The molecular formula is C16H19ClO5S. The third-order valence-electron chi connectivity index (χ3n) is 3.02. The number of allylic oxidation sites excluding steroid dienone is 1. The molecule has 0 aliphatic carbocycles. The molecule has 0 saturated carbocycles. The Morgan fingerprint density at radius 2 is 1.91 bits per heavy atom.